The van der Waals surface area contributed by atoms with Crippen molar-refractivity contribution in [3.63, 3.8) is 0 Å². The molecule has 6 heteroatoms. The van der Waals surface area contributed by atoms with Gasteiger partial charge in [-0.25, -0.2) is 0 Å². The van der Waals surface area contributed by atoms with Gasteiger partial charge in [-0.05, 0) is 37.5 Å². The Kier molecular flexibility index (Phi) is 5.97. The Hall–Kier alpha value is -2.63. The molecule has 1 aliphatic heterocycles. The summed E-state index contributed by atoms with van der Waals surface area (Å²) in [4.78, 5) is 15.1. The zero-order valence-electron chi connectivity index (χ0n) is 16.5. The summed E-state index contributed by atoms with van der Waals surface area (Å²) in [6.07, 6.45) is 3.66. The van der Waals surface area contributed by atoms with Gasteiger partial charge in [-0.2, -0.15) is 9.78 Å². The predicted molar refractivity (Wildman–Crippen MR) is 118 cm³/mol. The van der Waals surface area contributed by atoms with Crippen LogP contribution in [0.1, 0.15) is 24.0 Å². The number of anilines is 1. The van der Waals surface area contributed by atoms with E-state index in [9.17, 15) is 4.79 Å². The van der Waals surface area contributed by atoms with Gasteiger partial charge in [0, 0.05) is 25.7 Å². The standard InChI is InChI=1S/C23H25ClN4O/c1-17-6-5-7-18(14-17)16-27-12-10-19(11-13-27)26-21-15-25-28(23(29)22(21)24)20-8-3-2-4-9-20/h2-9,14-15,19,26H,10-13,16H2,1H3. The van der Waals surface area contributed by atoms with E-state index in [1.165, 1.54) is 15.8 Å². The van der Waals surface area contributed by atoms with E-state index in [2.05, 4.69) is 46.5 Å². The highest BCUT2D eigenvalue weighted by Crippen LogP contribution is 2.22. The van der Waals surface area contributed by atoms with Crippen LogP contribution in [0, 0.1) is 6.92 Å². The molecule has 0 spiro atoms. The van der Waals surface area contributed by atoms with Gasteiger partial charge in [-0.15, -0.1) is 0 Å². The number of aromatic nitrogens is 2. The molecule has 0 unspecified atom stereocenters. The summed E-state index contributed by atoms with van der Waals surface area (Å²) in [6, 6.07) is 18.3. The van der Waals surface area contributed by atoms with Crippen LogP contribution in [0.15, 0.2) is 65.6 Å². The first-order valence-electron chi connectivity index (χ1n) is 9.98. The van der Waals surface area contributed by atoms with Crippen molar-refractivity contribution in [2.75, 3.05) is 18.4 Å². The second-order valence-electron chi connectivity index (χ2n) is 7.61. The lowest BCUT2D eigenvalue weighted by Crippen LogP contribution is -2.39. The third-order valence-corrected chi connectivity index (χ3v) is 5.72. The van der Waals surface area contributed by atoms with Crippen LogP contribution < -0.4 is 10.9 Å². The van der Waals surface area contributed by atoms with E-state index in [0.29, 0.717) is 11.4 Å². The second kappa shape index (κ2) is 8.80. The van der Waals surface area contributed by atoms with E-state index in [1.807, 2.05) is 30.3 Å². The number of aryl methyl sites for hydroxylation is 1. The van der Waals surface area contributed by atoms with Crippen molar-refractivity contribution in [1.29, 1.82) is 0 Å². The molecule has 1 fully saturated rings. The number of rotatable bonds is 5. The molecule has 29 heavy (non-hydrogen) atoms. The van der Waals surface area contributed by atoms with E-state index >= 15 is 0 Å². The van der Waals surface area contributed by atoms with E-state index in [-0.39, 0.29) is 16.6 Å². The Bertz CT molecular complexity index is 1030. The zero-order valence-corrected chi connectivity index (χ0v) is 17.3. The van der Waals surface area contributed by atoms with Crippen molar-refractivity contribution in [2.45, 2.75) is 32.4 Å². The maximum absolute atomic E-state index is 12.6. The number of hydrogen-bond donors (Lipinski definition) is 1. The van der Waals surface area contributed by atoms with Gasteiger partial charge in [0.1, 0.15) is 5.02 Å². The van der Waals surface area contributed by atoms with Crippen molar-refractivity contribution in [2.24, 2.45) is 0 Å². The average molecular weight is 409 g/mol. The summed E-state index contributed by atoms with van der Waals surface area (Å²) in [5.41, 5.74) is 3.66. The normalized spacial score (nSPS) is 15.4. The van der Waals surface area contributed by atoms with E-state index in [1.54, 1.807) is 6.20 Å². The lowest BCUT2D eigenvalue weighted by molar-refractivity contribution is 0.211. The molecule has 150 valence electrons. The molecule has 1 aliphatic rings. The molecule has 1 aromatic heterocycles. The first-order valence-corrected chi connectivity index (χ1v) is 10.4. The molecule has 0 amide bonds. The Morgan fingerprint density at radius 2 is 1.86 bits per heavy atom. The van der Waals surface area contributed by atoms with Gasteiger partial charge < -0.3 is 5.32 Å². The summed E-state index contributed by atoms with van der Waals surface area (Å²) >= 11 is 6.37. The fourth-order valence-corrected chi connectivity index (χ4v) is 3.99. The van der Waals surface area contributed by atoms with Crippen LogP contribution >= 0.6 is 11.6 Å². The van der Waals surface area contributed by atoms with Crippen LogP contribution in [0.5, 0.6) is 0 Å². The third-order valence-electron chi connectivity index (χ3n) is 5.36. The van der Waals surface area contributed by atoms with Crippen LogP contribution in [0.4, 0.5) is 5.69 Å². The number of piperidine rings is 1. The maximum Gasteiger partial charge on any atom is 0.292 e. The number of para-hydroxylation sites is 1. The minimum absolute atomic E-state index is 0.186. The first kappa shape index (κ1) is 19.7. The monoisotopic (exact) mass is 408 g/mol. The van der Waals surface area contributed by atoms with Gasteiger partial charge in [-0.3, -0.25) is 9.69 Å². The highest BCUT2D eigenvalue weighted by atomic mass is 35.5. The second-order valence-corrected chi connectivity index (χ2v) is 7.99. The van der Waals surface area contributed by atoms with Crippen LogP contribution in [0.25, 0.3) is 5.69 Å². The highest BCUT2D eigenvalue weighted by molar-refractivity contribution is 6.32. The molecule has 1 saturated heterocycles. The summed E-state index contributed by atoms with van der Waals surface area (Å²) in [7, 11) is 0. The molecule has 0 saturated carbocycles. The molecule has 4 rings (SSSR count). The largest absolute Gasteiger partial charge is 0.380 e. The number of likely N-dealkylation sites (tertiary alicyclic amines) is 1. The number of nitrogens with one attached hydrogen (secondary N) is 1. The fourth-order valence-electron chi connectivity index (χ4n) is 3.81. The van der Waals surface area contributed by atoms with Crippen LogP contribution in [0.2, 0.25) is 5.02 Å². The Balaban J connectivity index is 1.38. The minimum atomic E-state index is -0.306. The quantitative estimate of drug-likeness (QED) is 0.684. The summed E-state index contributed by atoms with van der Waals surface area (Å²) in [5.74, 6) is 0. The van der Waals surface area contributed by atoms with Gasteiger partial charge in [0.25, 0.3) is 5.56 Å². The zero-order chi connectivity index (χ0) is 20.2. The van der Waals surface area contributed by atoms with Gasteiger partial charge in [0.05, 0.1) is 17.6 Å². The van der Waals surface area contributed by atoms with Gasteiger partial charge >= 0.3 is 0 Å². The van der Waals surface area contributed by atoms with Crippen LogP contribution in [-0.2, 0) is 6.54 Å². The smallest absolute Gasteiger partial charge is 0.292 e. The topological polar surface area (TPSA) is 50.2 Å². The molecule has 2 aromatic carbocycles. The lowest BCUT2D eigenvalue weighted by atomic mass is 10.0. The molecule has 0 aliphatic carbocycles. The number of benzene rings is 2. The molecule has 0 atom stereocenters. The fraction of sp³-hybridized carbons (Fsp3) is 0.304. The Morgan fingerprint density at radius 3 is 2.59 bits per heavy atom. The van der Waals surface area contributed by atoms with Crippen molar-refractivity contribution >= 4 is 17.3 Å². The SMILES string of the molecule is Cc1cccc(CN2CCC(Nc3cnn(-c4ccccc4)c(=O)c3Cl)CC2)c1. The maximum atomic E-state index is 12.6. The summed E-state index contributed by atoms with van der Waals surface area (Å²) in [5, 5.41) is 7.91. The van der Waals surface area contributed by atoms with Crippen molar-refractivity contribution < 1.29 is 0 Å². The molecule has 3 aromatic rings. The van der Waals surface area contributed by atoms with Crippen LogP contribution in [-0.4, -0.2) is 33.8 Å². The number of nitrogens with zero attached hydrogens (tertiary/aromatic N) is 3. The van der Waals surface area contributed by atoms with Gasteiger partial charge in [0.15, 0.2) is 0 Å². The molecule has 0 bridgehead atoms. The minimum Gasteiger partial charge on any atom is -0.380 e. The number of hydrogen-bond acceptors (Lipinski definition) is 4. The lowest BCUT2D eigenvalue weighted by Gasteiger charge is -2.33. The van der Waals surface area contributed by atoms with Crippen LogP contribution in [0.3, 0.4) is 0 Å². The van der Waals surface area contributed by atoms with Crippen molar-refractivity contribution in [1.82, 2.24) is 14.7 Å². The van der Waals surface area contributed by atoms with E-state index < -0.39 is 0 Å². The van der Waals surface area contributed by atoms with Gasteiger partial charge in [0.2, 0.25) is 0 Å². The van der Waals surface area contributed by atoms with Crippen molar-refractivity contribution in [3.05, 3.63) is 87.3 Å². The molecule has 2 heterocycles. The Labute approximate surface area is 175 Å². The molecule has 5 nitrogen and oxygen atoms in total. The molecule has 0 radical (unpaired) electrons. The highest BCUT2D eigenvalue weighted by Gasteiger charge is 2.21. The Morgan fingerprint density at radius 1 is 1.10 bits per heavy atom. The molecule has 1 N–H and O–H groups in total. The average Bonchev–Trinajstić information content (AvgIpc) is 2.74. The molecular weight excluding hydrogens is 384 g/mol. The van der Waals surface area contributed by atoms with Gasteiger partial charge in [-0.1, -0.05) is 59.6 Å². The third kappa shape index (κ3) is 4.69. The first-order chi connectivity index (χ1) is 14.1. The van der Waals surface area contributed by atoms with E-state index in [4.69, 9.17) is 11.6 Å². The van der Waals surface area contributed by atoms with Crippen molar-refractivity contribution in [3.8, 4) is 5.69 Å². The predicted octanol–water partition coefficient (Wildman–Crippen LogP) is 4.27. The summed E-state index contributed by atoms with van der Waals surface area (Å²) in [6.45, 7) is 5.13. The molecular formula is C23H25ClN4O. The van der Waals surface area contributed by atoms with E-state index in [0.717, 1.165) is 32.5 Å². The number of halogens is 1. The summed E-state index contributed by atoms with van der Waals surface area (Å²) < 4.78 is 1.33.